The van der Waals surface area contributed by atoms with Gasteiger partial charge in [0.15, 0.2) is 6.10 Å². The van der Waals surface area contributed by atoms with Crippen molar-refractivity contribution in [2.45, 2.75) is 25.9 Å². The number of hydrogen-bond donors (Lipinski definition) is 2. The highest BCUT2D eigenvalue weighted by atomic mass is 16.5. The Morgan fingerprint density at radius 3 is 2.54 bits per heavy atom. The summed E-state index contributed by atoms with van der Waals surface area (Å²) in [5, 5.41) is 11.0. The van der Waals surface area contributed by atoms with Crippen LogP contribution in [0, 0.1) is 0 Å². The van der Waals surface area contributed by atoms with Crippen molar-refractivity contribution in [1.82, 2.24) is 5.32 Å². The Kier molecular flexibility index (Phi) is 5.88. The number of aliphatic carboxylic acids is 1. The molecule has 0 aliphatic heterocycles. The Bertz CT molecular complexity index is 181. The molecule has 0 radical (unpaired) electrons. The first-order valence-corrected chi connectivity index (χ1v) is 4.14. The summed E-state index contributed by atoms with van der Waals surface area (Å²) in [7, 11) is 1.30. The van der Waals surface area contributed by atoms with Crippen LogP contribution in [0.1, 0.15) is 19.8 Å². The average molecular weight is 189 g/mol. The van der Waals surface area contributed by atoms with Gasteiger partial charge in [0.25, 0.3) is 0 Å². The molecule has 76 valence electrons. The molecule has 5 nitrogen and oxygen atoms in total. The van der Waals surface area contributed by atoms with E-state index in [-0.39, 0.29) is 12.5 Å². The molecule has 0 aliphatic carbocycles. The van der Waals surface area contributed by atoms with Gasteiger partial charge in [0.05, 0.1) is 6.54 Å². The van der Waals surface area contributed by atoms with Crippen LogP contribution in [-0.2, 0) is 14.3 Å². The van der Waals surface area contributed by atoms with Crippen LogP contribution in [0.2, 0.25) is 0 Å². The van der Waals surface area contributed by atoms with Crippen molar-refractivity contribution in [2.24, 2.45) is 0 Å². The number of rotatable bonds is 6. The molecule has 5 heteroatoms. The Labute approximate surface area is 77.1 Å². The highest BCUT2D eigenvalue weighted by Crippen LogP contribution is 1.90. The molecular weight excluding hydrogens is 174 g/mol. The lowest BCUT2D eigenvalue weighted by atomic mass is 10.3. The van der Waals surface area contributed by atoms with E-state index in [0.717, 1.165) is 6.42 Å². The lowest BCUT2D eigenvalue weighted by Gasteiger charge is -2.10. The number of methoxy groups -OCH3 is 1. The van der Waals surface area contributed by atoms with Crippen molar-refractivity contribution in [1.29, 1.82) is 0 Å². The number of ether oxygens (including phenoxy) is 1. The second kappa shape index (κ2) is 6.42. The van der Waals surface area contributed by atoms with Gasteiger partial charge in [-0.05, 0) is 6.42 Å². The minimum absolute atomic E-state index is 0.0185. The molecule has 0 aliphatic rings. The molecule has 1 amide bonds. The zero-order valence-electron chi connectivity index (χ0n) is 7.87. The lowest BCUT2D eigenvalue weighted by molar-refractivity contribution is -0.148. The zero-order chi connectivity index (χ0) is 10.3. The smallest absolute Gasteiger partial charge is 0.334 e. The maximum Gasteiger partial charge on any atom is 0.334 e. The SMILES string of the molecule is CCCC(=O)NCC(OC)C(=O)O. The molecule has 0 aromatic rings. The van der Waals surface area contributed by atoms with E-state index < -0.39 is 12.1 Å². The molecule has 0 spiro atoms. The van der Waals surface area contributed by atoms with Gasteiger partial charge in [-0.25, -0.2) is 4.79 Å². The standard InChI is InChI=1S/C8H15NO4/c1-3-4-7(10)9-5-6(13-2)8(11)12/h6H,3-5H2,1-2H3,(H,9,10)(H,11,12). The van der Waals surface area contributed by atoms with E-state index in [0.29, 0.717) is 6.42 Å². The molecular formula is C8H15NO4. The van der Waals surface area contributed by atoms with Gasteiger partial charge in [0, 0.05) is 13.5 Å². The molecule has 0 saturated heterocycles. The Morgan fingerprint density at radius 1 is 1.54 bits per heavy atom. The van der Waals surface area contributed by atoms with Gasteiger partial charge in [0.1, 0.15) is 0 Å². The predicted molar refractivity (Wildman–Crippen MR) is 46.4 cm³/mol. The second-order valence-electron chi connectivity index (χ2n) is 2.62. The molecule has 1 unspecified atom stereocenters. The monoisotopic (exact) mass is 189 g/mol. The highest BCUT2D eigenvalue weighted by Gasteiger charge is 2.16. The molecule has 0 aromatic carbocycles. The van der Waals surface area contributed by atoms with Gasteiger partial charge in [-0.2, -0.15) is 0 Å². The van der Waals surface area contributed by atoms with Gasteiger partial charge in [-0.3, -0.25) is 4.79 Å². The van der Waals surface area contributed by atoms with Crippen molar-refractivity contribution < 1.29 is 19.4 Å². The molecule has 1 atom stereocenters. The molecule has 0 saturated carbocycles. The first kappa shape index (κ1) is 11.9. The van der Waals surface area contributed by atoms with Crippen LogP contribution in [0.15, 0.2) is 0 Å². The second-order valence-corrected chi connectivity index (χ2v) is 2.62. The van der Waals surface area contributed by atoms with E-state index in [9.17, 15) is 9.59 Å². The van der Waals surface area contributed by atoms with E-state index in [4.69, 9.17) is 5.11 Å². The largest absolute Gasteiger partial charge is 0.479 e. The maximum absolute atomic E-state index is 10.9. The molecule has 0 aromatic heterocycles. The third kappa shape index (κ3) is 5.19. The molecule has 2 N–H and O–H groups in total. The number of carbonyl (C=O) groups excluding carboxylic acids is 1. The summed E-state index contributed by atoms with van der Waals surface area (Å²) in [4.78, 5) is 21.4. The number of hydrogen-bond acceptors (Lipinski definition) is 3. The minimum Gasteiger partial charge on any atom is -0.479 e. The van der Waals surface area contributed by atoms with E-state index in [1.807, 2.05) is 6.92 Å². The van der Waals surface area contributed by atoms with Gasteiger partial charge >= 0.3 is 5.97 Å². The number of carboxylic acids is 1. The fourth-order valence-corrected chi connectivity index (χ4v) is 0.793. The summed E-state index contributed by atoms with van der Waals surface area (Å²) in [6.45, 7) is 1.90. The van der Waals surface area contributed by atoms with E-state index >= 15 is 0 Å². The van der Waals surface area contributed by atoms with E-state index in [1.165, 1.54) is 7.11 Å². The van der Waals surface area contributed by atoms with Crippen LogP contribution in [0.25, 0.3) is 0 Å². The van der Waals surface area contributed by atoms with Gasteiger partial charge in [0.2, 0.25) is 5.91 Å². The van der Waals surface area contributed by atoms with Crippen LogP contribution in [-0.4, -0.2) is 36.7 Å². The quantitative estimate of drug-likeness (QED) is 0.616. The van der Waals surface area contributed by atoms with E-state index in [1.54, 1.807) is 0 Å². The average Bonchev–Trinajstić information content (AvgIpc) is 2.05. The Hall–Kier alpha value is -1.10. The Balaban J connectivity index is 3.72. The third-order valence-corrected chi connectivity index (χ3v) is 1.52. The van der Waals surface area contributed by atoms with Crippen LogP contribution >= 0.6 is 0 Å². The van der Waals surface area contributed by atoms with Crippen LogP contribution in [0.3, 0.4) is 0 Å². The summed E-state index contributed by atoms with van der Waals surface area (Å²) < 4.78 is 4.63. The minimum atomic E-state index is -1.07. The third-order valence-electron chi connectivity index (χ3n) is 1.52. The number of carbonyl (C=O) groups is 2. The maximum atomic E-state index is 10.9. The van der Waals surface area contributed by atoms with Crippen molar-refractivity contribution in [3.63, 3.8) is 0 Å². The first-order chi connectivity index (χ1) is 6.11. The Morgan fingerprint density at radius 2 is 2.15 bits per heavy atom. The molecule has 13 heavy (non-hydrogen) atoms. The topological polar surface area (TPSA) is 75.6 Å². The highest BCUT2D eigenvalue weighted by molar-refractivity contribution is 5.77. The zero-order valence-corrected chi connectivity index (χ0v) is 7.87. The van der Waals surface area contributed by atoms with Crippen molar-refractivity contribution in [2.75, 3.05) is 13.7 Å². The van der Waals surface area contributed by atoms with Gasteiger partial charge < -0.3 is 15.2 Å². The molecule has 0 bridgehead atoms. The van der Waals surface area contributed by atoms with Gasteiger partial charge in [-0.1, -0.05) is 6.92 Å². The predicted octanol–water partition coefficient (Wildman–Crippen LogP) is 0.00230. The fraction of sp³-hybridized carbons (Fsp3) is 0.750. The number of carboxylic acid groups (broad SMARTS) is 1. The number of nitrogens with one attached hydrogen (secondary N) is 1. The van der Waals surface area contributed by atoms with E-state index in [2.05, 4.69) is 10.1 Å². The summed E-state index contributed by atoms with van der Waals surface area (Å²) in [5.41, 5.74) is 0. The summed E-state index contributed by atoms with van der Waals surface area (Å²) >= 11 is 0. The van der Waals surface area contributed by atoms with Gasteiger partial charge in [-0.15, -0.1) is 0 Å². The first-order valence-electron chi connectivity index (χ1n) is 4.14. The summed E-state index contributed by atoms with van der Waals surface area (Å²) in [6.07, 6.45) is 0.202. The lowest BCUT2D eigenvalue weighted by Crippen LogP contribution is -2.37. The van der Waals surface area contributed by atoms with Crippen LogP contribution in [0.5, 0.6) is 0 Å². The van der Waals surface area contributed by atoms with Crippen molar-refractivity contribution in [3.05, 3.63) is 0 Å². The molecule has 0 rings (SSSR count). The van der Waals surface area contributed by atoms with Crippen LogP contribution < -0.4 is 5.32 Å². The molecule has 0 fully saturated rings. The van der Waals surface area contributed by atoms with Crippen molar-refractivity contribution in [3.8, 4) is 0 Å². The van der Waals surface area contributed by atoms with Crippen molar-refractivity contribution >= 4 is 11.9 Å². The fourth-order valence-electron chi connectivity index (χ4n) is 0.793. The molecule has 0 heterocycles. The summed E-state index contributed by atoms with van der Waals surface area (Å²) in [5.74, 6) is -1.22. The normalized spacial score (nSPS) is 12.2. The number of amides is 1. The van der Waals surface area contributed by atoms with Crippen LogP contribution in [0.4, 0.5) is 0 Å². The summed E-state index contributed by atoms with van der Waals surface area (Å²) in [6, 6.07) is 0.